The van der Waals surface area contributed by atoms with Gasteiger partial charge in [-0.15, -0.1) is 0 Å². The molecule has 4 rings (SSSR count). The highest BCUT2D eigenvalue weighted by Crippen LogP contribution is 2.32. The average Bonchev–Trinajstić information content (AvgIpc) is 3.16. The standard InChI is InChI=1S/C22H19ClFNO3/c23-18-6-8-20(26-13-16-3-1-2-4-19(16)24)17(10-18)12-25-11-15-5-7-21-22(9-15)28-14-27-21/h1-10,25H,11-14H2. The third-order valence-corrected chi connectivity index (χ3v) is 4.68. The van der Waals surface area contributed by atoms with Crippen LogP contribution in [-0.2, 0) is 19.7 Å². The Morgan fingerprint density at radius 1 is 0.929 bits per heavy atom. The molecule has 3 aromatic rings. The number of rotatable bonds is 7. The molecule has 1 aliphatic rings. The summed E-state index contributed by atoms with van der Waals surface area (Å²) in [6, 6.07) is 17.9. The van der Waals surface area contributed by atoms with E-state index in [1.807, 2.05) is 24.3 Å². The van der Waals surface area contributed by atoms with Crippen molar-refractivity contribution >= 4 is 11.6 Å². The van der Waals surface area contributed by atoms with E-state index in [0.717, 1.165) is 22.6 Å². The maximum atomic E-state index is 13.8. The van der Waals surface area contributed by atoms with E-state index in [-0.39, 0.29) is 19.2 Å². The van der Waals surface area contributed by atoms with Crippen molar-refractivity contribution in [3.8, 4) is 17.2 Å². The Hall–Kier alpha value is -2.76. The van der Waals surface area contributed by atoms with Gasteiger partial charge in [0.05, 0.1) is 0 Å². The van der Waals surface area contributed by atoms with Crippen molar-refractivity contribution in [2.45, 2.75) is 19.7 Å². The normalized spacial score (nSPS) is 12.2. The quantitative estimate of drug-likeness (QED) is 0.601. The molecule has 0 saturated carbocycles. The Morgan fingerprint density at radius 2 is 1.79 bits per heavy atom. The Labute approximate surface area is 167 Å². The number of nitrogens with one attached hydrogen (secondary N) is 1. The zero-order chi connectivity index (χ0) is 19.3. The zero-order valence-corrected chi connectivity index (χ0v) is 15.8. The topological polar surface area (TPSA) is 39.7 Å². The average molecular weight is 400 g/mol. The van der Waals surface area contributed by atoms with E-state index in [9.17, 15) is 4.39 Å². The number of halogens is 2. The second-order valence-corrected chi connectivity index (χ2v) is 6.86. The lowest BCUT2D eigenvalue weighted by atomic mass is 10.1. The van der Waals surface area contributed by atoms with Gasteiger partial charge in [-0.1, -0.05) is 35.9 Å². The monoisotopic (exact) mass is 399 g/mol. The second-order valence-electron chi connectivity index (χ2n) is 6.42. The van der Waals surface area contributed by atoms with Crippen LogP contribution in [0.25, 0.3) is 0 Å². The van der Waals surface area contributed by atoms with Crippen molar-refractivity contribution in [1.82, 2.24) is 5.32 Å². The number of ether oxygens (including phenoxy) is 3. The van der Waals surface area contributed by atoms with Crippen LogP contribution in [0.15, 0.2) is 60.7 Å². The lowest BCUT2D eigenvalue weighted by molar-refractivity contribution is 0.174. The van der Waals surface area contributed by atoms with Crippen LogP contribution in [0.1, 0.15) is 16.7 Å². The first-order valence-electron chi connectivity index (χ1n) is 8.93. The van der Waals surface area contributed by atoms with Crippen molar-refractivity contribution in [2.24, 2.45) is 0 Å². The number of hydrogen-bond acceptors (Lipinski definition) is 4. The molecule has 6 heteroatoms. The van der Waals surface area contributed by atoms with Gasteiger partial charge in [0.15, 0.2) is 11.5 Å². The lowest BCUT2D eigenvalue weighted by Gasteiger charge is -2.13. The first kappa shape index (κ1) is 18.6. The molecule has 28 heavy (non-hydrogen) atoms. The molecule has 1 N–H and O–H groups in total. The highest BCUT2D eigenvalue weighted by molar-refractivity contribution is 6.30. The van der Waals surface area contributed by atoms with Gasteiger partial charge in [0.25, 0.3) is 0 Å². The van der Waals surface area contributed by atoms with E-state index >= 15 is 0 Å². The molecule has 0 aromatic heterocycles. The van der Waals surface area contributed by atoms with Crippen LogP contribution in [0, 0.1) is 5.82 Å². The van der Waals surface area contributed by atoms with Crippen LogP contribution in [-0.4, -0.2) is 6.79 Å². The van der Waals surface area contributed by atoms with Crippen molar-refractivity contribution in [2.75, 3.05) is 6.79 Å². The molecule has 0 radical (unpaired) electrons. The smallest absolute Gasteiger partial charge is 0.231 e. The molecule has 0 spiro atoms. The summed E-state index contributed by atoms with van der Waals surface area (Å²) in [6.45, 7) is 1.62. The van der Waals surface area contributed by atoms with E-state index in [1.54, 1.807) is 30.3 Å². The molecule has 1 aliphatic heterocycles. The first-order valence-corrected chi connectivity index (χ1v) is 9.31. The van der Waals surface area contributed by atoms with Crippen LogP contribution in [0.4, 0.5) is 4.39 Å². The van der Waals surface area contributed by atoms with Crippen molar-refractivity contribution in [3.05, 3.63) is 88.2 Å². The van der Waals surface area contributed by atoms with E-state index in [0.29, 0.717) is 29.4 Å². The molecule has 144 valence electrons. The minimum absolute atomic E-state index is 0.156. The van der Waals surface area contributed by atoms with Gasteiger partial charge in [0, 0.05) is 29.2 Å². The zero-order valence-electron chi connectivity index (χ0n) is 15.1. The van der Waals surface area contributed by atoms with Crippen LogP contribution in [0.3, 0.4) is 0 Å². The summed E-state index contributed by atoms with van der Waals surface area (Å²) < 4.78 is 30.4. The van der Waals surface area contributed by atoms with Crippen LogP contribution < -0.4 is 19.5 Å². The maximum Gasteiger partial charge on any atom is 0.231 e. The summed E-state index contributed by atoms with van der Waals surface area (Å²) in [6.07, 6.45) is 0. The molecule has 0 saturated heterocycles. The van der Waals surface area contributed by atoms with Gasteiger partial charge in [0.1, 0.15) is 18.2 Å². The highest BCUT2D eigenvalue weighted by Gasteiger charge is 2.13. The fourth-order valence-electron chi connectivity index (χ4n) is 2.99. The Kier molecular flexibility index (Phi) is 5.65. The van der Waals surface area contributed by atoms with Gasteiger partial charge >= 0.3 is 0 Å². The Morgan fingerprint density at radius 3 is 2.68 bits per heavy atom. The molecule has 0 unspecified atom stereocenters. The summed E-state index contributed by atoms with van der Waals surface area (Å²) in [4.78, 5) is 0. The fourth-order valence-corrected chi connectivity index (χ4v) is 3.19. The third-order valence-electron chi connectivity index (χ3n) is 4.45. The maximum absolute atomic E-state index is 13.8. The van der Waals surface area contributed by atoms with Crippen molar-refractivity contribution < 1.29 is 18.6 Å². The SMILES string of the molecule is Fc1ccccc1COc1ccc(Cl)cc1CNCc1ccc2c(c1)OCO2. The van der Waals surface area contributed by atoms with Crippen LogP contribution >= 0.6 is 11.6 Å². The van der Waals surface area contributed by atoms with Gasteiger partial charge in [-0.25, -0.2) is 4.39 Å². The van der Waals surface area contributed by atoms with E-state index in [4.69, 9.17) is 25.8 Å². The molecule has 0 amide bonds. The third kappa shape index (κ3) is 4.38. The van der Waals surface area contributed by atoms with E-state index < -0.39 is 0 Å². The summed E-state index contributed by atoms with van der Waals surface area (Å²) in [5.41, 5.74) is 2.50. The van der Waals surface area contributed by atoms with Crippen LogP contribution in [0.2, 0.25) is 5.02 Å². The first-order chi connectivity index (χ1) is 13.7. The molecule has 0 atom stereocenters. The predicted octanol–water partition coefficient (Wildman–Crippen LogP) is 5.08. The highest BCUT2D eigenvalue weighted by atomic mass is 35.5. The van der Waals surface area contributed by atoms with Gasteiger partial charge < -0.3 is 19.5 Å². The summed E-state index contributed by atoms with van der Waals surface area (Å²) in [7, 11) is 0. The van der Waals surface area contributed by atoms with Gasteiger partial charge in [-0.3, -0.25) is 0 Å². The van der Waals surface area contributed by atoms with Crippen molar-refractivity contribution in [3.63, 3.8) is 0 Å². The Balaban J connectivity index is 1.39. The van der Waals surface area contributed by atoms with Crippen molar-refractivity contribution in [1.29, 1.82) is 0 Å². The van der Waals surface area contributed by atoms with Gasteiger partial charge in [-0.05, 0) is 42.0 Å². The van der Waals surface area contributed by atoms with Crippen LogP contribution in [0.5, 0.6) is 17.2 Å². The predicted molar refractivity (Wildman–Crippen MR) is 105 cm³/mol. The van der Waals surface area contributed by atoms with E-state index in [2.05, 4.69) is 5.32 Å². The molecule has 3 aromatic carbocycles. The summed E-state index contributed by atoms with van der Waals surface area (Å²) in [5, 5.41) is 4.00. The summed E-state index contributed by atoms with van der Waals surface area (Å²) in [5.74, 6) is 1.92. The molecule has 4 nitrogen and oxygen atoms in total. The lowest BCUT2D eigenvalue weighted by Crippen LogP contribution is -2.14. The Bertz CT molecular complexity index is 980. The minimum atomic E-state index is -0.279. The minimum Gasteiger partial charge on any atom is -0.488 e. The second kappa shape index (κ2) is 8.50. The van der Waals surface area contributed by atoms with Gasteiger partial charge in [0.2, 0.25) is 6.79 Å². The number of benzene rings is 3. The van der Waals surface area contributed by atoms with E-state index in [1.165, 1.54) is 6.07 Å². The molecule has 0 fully saturated rings. The number of fused-ring (bicyclic) bond motifs is 1. The molecular formula is C22H19ClFNO3. The molecular weight excluding hydrogens is 381 g/mol. The molecule has 1 heterocycles. The van der Waals surface area contributed by atoms with Gasteiger partial charge in [-0.2, -0.15) is 0 Å². The number of hydrogen-bond donors (Lipinski definition) is 1. The molecule has 0 bridgehead atoms. The fraction of sp³-hybridized carbons (Fsp3) is 0.182. The largest absolute Gasteiger partial charge is 0.488 e. The molecule has 0 aliphatic carbocycles. The summed E-state index contributed by atoms with van der Waals surface area (Å²) >= 11 is 6.15.